The highest BCUT2D eigenvalue weighted by Crippen LogP contribution is 2.34. The Labute approximate surface area is 146 Å². The first-order chi connectivity index (χ1) is 9.70. The highest BCUT2D eigenvalue weighted by Gasteiger charge is 2.26. The summed E-state index contributed by atoms with van der Waals surface area (Å²) in [5.41, 5.74) is 6.81. The molecule has 0 saturated carbocycles. The zero-order chi connectivity index (χ0) is 15.8. The molecule has 21 heavy (non-hydrogen) atoms. The Morgan fingerprint density at radius 3 is 2.38 bits per heavy atom. The van der Waals surface area contributed by atoms with Gasteiger partial charge in [-0.3, -0.25) is 0 Å². The van der Waals surface area contributed by atoms with E-state index < -0.39 is 11.4 Å². The summed E-state index contributed by atoms with van der Waals surface area (Å²) in [4.78, 5) is 0. The number of nitrogens with two attached hydrogens (primary N) is 1. The molecule has 0 aliphatic rings. The van der Waals surface area contributed by atoms with Gasteiger partial charge in [-0.05, 0) is 48.7 Å². The molecule has 112 valence electrons. The van der Waals surface area contributed by atoms with E-state index >= 15 is 0 Å². The molecular formula is C15H12BrCl3FN. The third-order valence-electron chi connectivity index (χ3n) is 3.20. The van der Waals surface area contributed by atoms with Crippen LogP contribution in [-0.4, -0.2) is 0 Å². The van der Waals surface area contributed by atoms with E-state index in [1.54, 1.807) is 13.0 Å². The van der Waals surface area contributed by atoms with Gasteiger partial charge >= 0.3 is 0 Å². The predicted octanol–water partition coefficient (Wildman–Crippen LogP) is 5.97. The molecular weight excluding hydrogens is 399 g/mol. The van der Waals surface area contributed by atoms with Crippen LogP contribution in [-0.2, 0) is 12.0 Å². The standard InChI is InChI=1S/C15H12BrCl3FN/c1-15(21,7-8-2-3-9(16)4-11(8)17)10-5-14(20)13(19)6-12(10)18/h2-6H,7,21H2,1H3. The molecule has 1 unspecified atom stereocenters. The van der Waals surface area contributed by atoms with Crippen molar-refractivity contribution in [3.8, 4) is 0 Å². The number of rotatable bonds is 3. The van der Waals surface area contributed by atoms with Gasteiger partial charge in [0.05, 0.1) is 5.02 Å². The fourth-order valence-corrected chi connectivity index (χ4v) is 3.46. The fourth-order valence-electron chi connectivity index (χ4n) is 2.12. The lowest BCUT2D eigenvalue weighted by Gasteiger charge is -2.27. The Bertz CT molecular complexity index is 689. The van der Waals surface area contributed by atoms with Crippen molar-refractivity contribution < 1.29 is 4.39 Å². The summed E-state index contributed by atoms with van der Waals surface area (Å²) in [7, 11) is 0. The molecule has 1 atom stereocenters. The van der Waals surface area contributed by atoms with Gasteiger partial charge in [0.15, 0.2) is 0 Å². The van der Waals surface area contributed by atoms with Crippen molar-refractivity contribution in [2.45, 2.75) is 18.9 Å². The summed E-state index contributed by atoms with van der Waals surface area (Å²) in [5, 5.41) is 0.896. The average Bonchev–Trinajstić information content (AvgIpc) is 2.37. The largest absolute Gasteiger partial charge is 0.321 e. The molecule has 0 amide bonds. The Morgan fingerprint density at radius 1 is 1.10 bits per heavy atom. The first-order valence-corrected chi connectivity index (χ1v) is 8.01. The minimum absolute atomic E-state index is 0.0266. The molecule has 0 aliphatic carbocycles. The minimum atomic E-state index is -0.875. The number of benzene rings is 2. The third-order valence-corrected chi connectivity index (χ3v) is 4.65. The predicted molar refractivity (Wildman–Crippen MR) is 90.8 cm³/mol. The van der Waals surface area contributed by atoms with Gasteiger partial charge in [-0.1, -0.05) is 56.8 Å². The van der Waals surface area contributed by atoms with Crippen molar-refractivity contribution in [1.29, 1.82) is 0 Å². The van der Waals surface area contributed by atoms with Crippen LogP contribution in [0.4, 0.5) is 4.39 Å². The molecule has 0 heterocycles. The quantitative estimate of drug-likeness (QED) is 0.619. The molecule has 0 radical (unpaired) electrons. The molecule has 2 rings (SSSR count). The van der Waals surface area contributed by atoms with Crippen molar-refractivity contribution in [2.24, 2.45) is 5.73 Å². The van der Waals surface area contributed by atoms with Crippen LogP contribution in [0, 0.1) is 5.82 Å². The molecule has 1 nitrogen and oxygen atoms in total. The van der Waals surface area contributed by atoms with E-state index in [2.05, 4.69) is 15.9 Å². The van der Waals surface area contributed by atoms with Crippen LogP contribution in [0.3, 0.4) is 0 Å². The van der Waals surface area contributed by atoms with E-state index in [4.69, 9.17) is 40.5 Å². The van der Waals surface area contributed by atoms with Gasteiger partial charge in [-0.15, -0.1) is 0 Å². The number of halogens is 5. The second-order valence-corrected chi connectivity index (χ2v) is 7.21. The van der Waals surface area contributed by atoms with E-state index in [9.17, 15) is 4.39 Å². The molecule has 6 heteroatoms. The first kappa shape index (κ1) is 17.0. The van der Waals surface area contributed by atoms with Gasteiger partial charge < -0.3 is 5.73 Å². The molecule has 0 aliphatic heterocycles. The van der Waals surface area contributed by atoms with Crippen LogP contribution in [0.25, 0.3) is 0 Å². The lowest BCUT2D eigenvalue weighted by Crippen LogP contribution is -2.36. The van der Waals surface area contributed by atoms with E-state index in [1.807, 2.05) is 12.1 Å². The summed E-state index contributed by atoms with van der Waals surface area (Å²) in [6.45, 7) is 1.78. The van der Waals surface area contributed by atoms with E-state index in [-0.39, 0.29) is 5.02 Å². The molecule has 0 bridgehead atoms. The summed E-state index contributed by atoms with van der Waals surface area (Å²) >= 11 is 21.4. The molecule has 2 N–H and O–H groups in total. The van der Waals surface area contributed by atoms with Gasteiger partial charge in [-0.25, -0.2) is 4.39 Å². The third kappa shape index (κ3) is 3.91. The lowest BCUT2D eigenvalue weighted by molar-refractivity contribution is 0.486. The van der Waals surface area contributed by atoms with Crippen molar-refractivity contribution in [1.82, 2.24) is 0 Å². The van der Waals surface area contributed by atoms with Crippen molar-refractivity contribution in [3.05, 3.63) is 66.8 Å². The average molecular weight is 412 g/mol. The maximum Gasteiger partial charge on any atom is 0.142 e. The Balaban J connectivity index is 2.40. The Hall–Kier alpha value is -0.320. The zero-order valence-corrected chi connectivity index (χ0v) is 14.9. The van der Waals surface area contributed by atoms with E-state index in [0.29, 0.717) is 22.0 Å². The van der Waals surface area contributed by atoms with Crippen LogP contribution in [0.2, 0.25) is 15.1 Å². The molecule has 0 spiro atoms. The Morgan fingerprint density at radius 2 is 1.76 bits per heavy atom. The second-order valence-electron chi connectivity index (χ2n) is 5.08. The molecule has 0 saturated heterocycles. The highest BCUT2D eigenvalue weighted by molar-refractivity contribution is 9.10. The van der Waals surface area contributed by atoms with E-state index in [1.165, 1.54) is 12.1 Å². The summed E-state index contributed by atoms with van der Waals surface area (Å²) < 4.78 is 14.6. The van der Waals surface area contributed by atoms with Crippen LogP contribution in [0.5, 0.6) is 0 Å². The maximum atomic E-state index is 13.7. The van der Waals surface area contributed by atoms with Gasteiger partial charge in [-0.2, -0.15) is 0 Å². The number of hydrogen-bond donors (Lipinski definition) is 1. The van der Waals surface area contributed by atoms with Gasteiger partial charge in [0.1, 0.15) is 5.82 Å². The second kappa shape index (κ2) is 6.43. The first-order valence-electron chi connectivity index (χ1n) is 6.08. The monoisotopic (exact) mass is 409 g/mol. The summed E-state index contributed by atoms with van der Waals surface area (Å²) in [5.74, 6) is -0.547. The van der Waals surface area contributed by atoms with Crippen LogP contribution >= 0.6 is 50.7 Å². The Kier molecular flexibility index (Phi) is 5.22. The fraction of sp³-hybridized carbons (Fsp3) is 0.200. The topological polar surface area (TPSA) is 26.0 Å². The van der Waals surface area contributed by atoms with Crippen molar-refractivity contribution >= 4 is 50.7 Å². The highest BCUT2D eigenvalue weighted by atomic mass is 79.9. The maximum absolute atomic E-state index is 13.7. The number of hydrogen-bond acceptors (Lipinski definition) is 1. The van der Waals surface area contributed by atoms with Crippen molar-refractivity contribution in [2.75, 3.05) is 0 Å². The molecule has 0 fully saturated rings. The molecule has 2 aromatic carbocycles. The SMILES string of the molecule is CC(N)(Cc1ccc(Br)cc1Cl)c1cc(F)c(Cl)cc1Cl. The molecule has 0 aromatic heterocycles. The summed E-state index contributed by atoms with van der Waals surface area (Å²) in [6, 6.07) is 8.18. The van der Waals surface area contributed by atoms with Crippen LogP contribution < -0.4 is 5.73 Å². The van der Waals surface area contributed by atoms with Crippen molar-refractivity contribution in [3.63, 3.8) is 0 Å². The van der Waals surface area contributed by atoms with Gasteiger partial charge in [0, 0.05) is 20.1 Å². The van der Waals surface area contributed by atoms with E-state index in [0.717, 1.165) is 10.0 Å². The van der Waals surface area contributed by atoms with Gasteiger partial charge in [0.2, 0.25) is 0 Å². The van der Waals surface area contributed by atoms with Gasteiger partial charge in [0.25, 0.3) is 0 Å². The molecule has 2 aromatic rings. The lowest BCUT2D eigenvalue weighted by atomic mass is 9.86. The smallest absolute Gasteiger partial charge is 0.142 e. The minimum Gasteiger partial charge on any atom is -0.321 e. The van der Waals surface area contributed by atoms with Crippen LogP contribution in [0.1, 0.15) is 18.1 Å². The summed E-state index contributed by atoms with van der Waals surface area (Å²) in [6.07, 6.45) is 0.417. The normalized spacial score (nSPS) is 14.0. The zero-order valence-electron chi connectivity index (χ0n) is 11.1. The van der Waals surface area contributed by atoms with Crippen LogP contribution in [0.15, 0.2) is 34.8 Å².